The fourth-order valence-corrected chi connectivity index (χ4v) is 1.20. The molecule has 0 saturated carbocycles. The van der Waals surface area contributed by atoms with Crippen molar-refractivity contribution in [2.24, 2.45) is 4.99 Å². The lowest BCUT2D eigenvalue weighted by Gasteiger charge is -2.01. The first kappa shape index (κ1) is 6.74. The molecule has 44 valence electrons. The maximum Gasteiger partial charge on any atom is 0.0787 e. The zero-order valence-corrected chi connectivity index (χ0v) is 7.94. The summed E-state index contributed by atoms with van der Waals surface area (Å²) in [5.41, 5.74) is 0. The number of hydrogen-bond acceptors (Lipinski definition) is 1. The van der Waals surface area contributed by atoms with Gasteiger partial charge in [-0.15, -0.1) is 0 Å². The summed E-state index contributed by atoms with van der Waals surface area (Å²) < 4.78 is 2.41. The van der Waals surface area contributed by atoms with Gasteiger partial charge in [-0.3, -0.25) is 4.99 Å². The van der Waals surface area contributed by atoms with Crippen molar-refractivity contribution in [1.82, 2.24) is 0 Å². The molecule has 1 heterocycles. The van der Waals surface area contributed by atoms with Gasteiger partial charge in [-0.05, 0) is 29.0 Å². The molecule has 1 aliphatic rings. The lowest BCUT2D eigenvalue weighted by molar-refractivity contribution is 1.07. The highest BCUT2D eigenvalue weighted by Crippen LogP contribution is 2.19. The van der Waals surface area contributed by atoms with E-state index >= 15 is 0 Å². The molecule has 1 nitrogen and oxygen atoms in total. The number of aliphatic imine (C=N–C) groups is 1. The SMILES string of the molecule is BrC1=CN=C(I)CC1. The van der Waals surface area contributed by atoms with E-state index in [4.69, 9.17) is 0 Å². The van der Waals surface area contributed by atoms with Crippen molar-refractivity contribution < 1.29 is 0 Å². The summed E-state index contributed by atoms with van der Waals surface area (Å²) in [5, 5.41) is 0. The van der Waals surface area contributed by atoms with Crippen molar-refractivity contribution in [2.75, 3.05) is 0 Å². The molecule has 0 N–H and O–H groups in total. The summed E-state index contributed by atoms with van der Waals surface area (Å²) in [6.45, 7) is 0. The Morgan fingerprint density at radius 1 is 1.62 bits per heavy atom. The summed E-state index contributed by atoms with van der Waals surface area (Å²) in [6.07, 6.45) is 4.07. The molecule has 0 radical (unpaired) electrons. The van der Waals surface area contributed by atoms with Crippen molar-refractivity contribution >= 4 is 42.2 Å². The van der Waals surface area contributed by atoms with E-state index in [1.54, 1.807) is 0 Å². The van der Waals surface area contributed by atoms with E-state index in [-0.39, 0.29) is 0 Å². The molecular weight excluding hydrogens is 281 g/mol. The van der Waals surface area contributed by atoms with Crippen LogP contribution in [-0.2, 0) is 0 Å². The second-order valence-electron chi connectivity index (χ2n) is 1.58. The Labute approximate surface area is 70.5 Å². The van der Waals surface area contributed by atoms with Crippen LogP contribution < -0.4 is 0 Å². The minimum Gasteiger partial charge on any atom is -0.254 e. The Balaban J connectivity index is 2.65. The van der Waals surface area contributed by atoms with Gasteiger partial charge in [-0.2, -0.15) is 0 Å². The maximum atomic E-state index is 4.11. The van der Waals surface area contributed by atoms with E-state index in [1.807, 2.05) is 6.20 Å². The number of halogens is 2. The second kappa shape index (κ2) is 2.96. The molecule has 0 aromatic carbocycles. The minimum absolute atomic E-state index is 1.09. The monoisotopic (exact) mass is 285 g/mol. The van der Waals surface area contributed by atoms with Gasteiger partial charge < -0.3 is 0 Å². The molecule has 0 amide bonds. The molecule has 0 fully saturated rings. The minimum atomic E-state index is 1.09. The van der Waals surface area contributed by atoms with Crippen LogP contribution >= 0.6 is 38.5 Å². The van der Waals surface area contributed by atoms with Gasteiger partial charge in [-0.25, -0.2) is 0 Å². The topological polar surface area (TPSA) is 12.4 Å². The highest BCUT2D eigenvalue weighted by Gasteiger charge is 2.00. The van der Waals surface area contributed by atoms with Crippen molar-refractivity contribution in [2.45, 2.75) is 12.8 Å². The van der Waals surface area contributed by atoms with E-state index < -0.39 is 0 Å². The van der Waals surface area contributed by atoms with Crippen molar-refractivity contribution in [3.63, 3.8) is 0 Å². The van der Waals surface area contributed by atoms with Gasteiger partial charge in [0.1, 0.15) is 0 Å². The van der Waals surface area contributed by atoms with Crippen LogP contribution in [0.4, 0.5) is 0 Å². The lowest BCUT2D eigenvalue weighted by atomic mass is 10.3. The maximum absolute atomic E-state index is 4.11. The van der Waals surface area contributed by atoms with Crippen LogP contribution in [0.25, 0.3) is 0 Å². The molecule has 0 saturated heterocycles. The van der Waals surface area contributed by atoms with Gasteiger partial charge in [-0.1, -0.05) is 15.9 Å². The molecule has 0 aromatic heterocycles. The molecule has 1 aliphatic heterocycles. The average Bonchev–Trinajstić information content (AvgIpc) is 1.77. The summed E-state index contributed by atoms with van der Waals surface area (Å²) in [5.74, 6) is 0. The molecule has 0 unspecified atom stereocenters. The number of rotatable bonds is 0. The van der Waals surface area contributed by atoms with Crippen LogP contribution in [0, 0.1) is 0 Å². The quantitative estimate of drug-likeness (QED) is 0.607. The molecule has 1 rings (SSSR count). The Kier molecular flexibility index (Phi) is 2.49. The Hall–Kier alpha value is 0.620. The molecule has 0 aromatic rings. The predicted octanol–water partition coefficient (Wildman–Crippen LogP) is 2.85. The fourth-order valence-electron chi connectivity index (χ4n) is 0.492. The van der Waals surface area contributed by atoms with Gasteiger partial charge in [0.15, 0.2) is 0 Å². The van der Waals surface area contributed by atoms with Crippen LogP contribution in [0.3, 0.4) is 0 Å². The standard InChI is InChI=1S/C5H5BrIN/c6-4-1-2-5(7)8-3-4/h3H,1-2H2. The second-order valence-corrected chi connectivity index (χ2v) is 3.85. The first-order valence-corrected chi connectivity index (χ1v) is 4.23. The van der Waals surface area contributed by atoms with E-state index in [0.29, 0.717) is 0 Å². The molecule has 3 heteroatoms. The Morgan fingerprint density at radius 3 is 2.75 bits per heavy atom. The van der Waals surface area contributed by atoms with Gasteiger partial charge >= 0.3 is 0 Å². The average molecular weight is 286 g/mol. The van der Waals surface area contributed by atoms with E-state index in [9.17, 15) is 0 Å². The van der Waals surface area contributed by atoms with Crippen molar-refractivity contribution in [1.29, 1.82) is 0 Å². The van der Waals surface area contributed by atoms with E-state index in [2.05, 4.69) is 43.5 Å². The third kappa shape index (κ3) is 1.85. The van der Waals surface area contributed by atoms with Gasteiger partial charge in [0.2, 0.25) is 0 Å². The first-order valence-electron chi connectivity index (χ1n) is 2.36. The normalized spacial score (nSPS) is 19.8. The number of hydrogen-bond donors (Lipinski definition) is 0. The van der Waals surface area contributed by atoms with Crippen molar-refractivity contribution in [3.05, 3.63) is 10.7 Å². The molecule has 0 bridgehead atoms. The van der Waals surface area contributed by atoms with Crippen LogP contribution in [0.5, 0.6) is 0 Å². The van der Waals surface area contributed by atoms with Crippen LogP contribution in [0.2, 0.25) is 0 Å². The van der Waals surface area contributed by atoms with Crippen LogP contribution in [0.15, 0.2) is 15.7 Å². The smallest absolute Gasteiger partial charge is 0.0787 e. The molecular formula is C5H5BrIN. The van der Waals surface area contributed by atoms with Crippen LogP contribution in [0.1, 0.15) is 12.8 Å². The third-order valence-electron chi connectivity index (χ3n) is 0.915. The van der Waals surface area contributed by atoms with Gasteiger partial charge in [0.25, 0.3) is 0 Å². The number of allylic oxidation sites excluding steroid dienone is 1. The summed E-state index contributed by atoms with van der Waals surface area (Å²) >= 11 is 5.62. The molecule has 0 spiro atoms. The highest BCUT2D eigenvalue weighted by atomic mass is 127. The van der Waals surface area contributed by atoms with Crippen molar-refractivity contribution in [3.8, 4) is 0 Å². The molecule has 0 aliphatic carbocycles. The van der Waals surface area contributed by atoms with Gasteiger partial charge in [0.05, 0.1) is 3.72 Å². The summed E-state index contributed by atoms with van der Waals surface area (Å²) in [7, 11) is 0. The fraction of sp³-hybridized carbons (Fsp3) is 0.400. The number of nitrogens with zero attached hydrogens (tertiary/aromatic N) is 1. The highest BCUT2D eigenvalue weighted by molar-refractivity contribution is 14.1. The molecule has 8 heavy (non-hydrogen) atoms. The lowest BCUT2D eigenvalue weighted by Crippen LogP contribution is -1.90. The van der Waals surface area contributed by atoms with Crippen LogP contribution in [-0.4, -0.2) is 3.72 Å². The third-order valence-corrected chi connectivity index (χ3v) is 2.33. The predicted molar refractivity (Wildman–Crippen MR) is 47.7 cm³/mol. The largest absolute Gasteiger partial charge is 0.254 e. The Morgan fingerprint density at radius 2 is 2.38 bits per heavy atom. The zero-order valence-electron chi connectivity index (χ0n) is 4.19. The Bertz CT molecular complexity index is 133. The summed E-state index contributed by atoms with van der Waals surface area (Å²) in [6, 6.07) is 0. The summed E-state index contributed by atoms with van der Waals surface area (Å²) in [4.78, 5) is 4.11. The van der Waals surface area contributed by atoms with E-state index in [0.717, 1.165) is 12.8 Å². The van der Waals surface area contributed by atoms with Gasteiger partial charge in [0, 0.05) is 17.1 Å². The molecule has 0 atom stereocenters. The zero-order chi connectivity index (χ0) is 5.98. The van der Waals surface area contributed by atoms with E-state index in [1.165, 1.54) is 8.20 Å². The first-order chi connectivity index (χ1) is 3.79.